The van der Waals surface area contributed by atoms with Gasteiger partial charge in [0.05, 0.1) is 0 Å². The average Bonchev–Trinajstić information content (AvgIpc) is 2.61. The summed E-state index contributed by atoms with van der Waals surface area (Å²) in [4.78, 5) is 23.8. The van der Waals surface area contributed by atoms with Crippen LogP contribution in [0, 0.1) is 0 Å². The molecule has 0 heterocycles. The first-order valence-electron chi connectivity index (χ1n) is 8.70. The van der Waals surface area contributed by atoms with Gasteiger partial charge >= 0.3 is 6.03 Å². The van der Waals surface area contributed by atoms with E-state index in [-0.39, 0.29) is 18.0 Å². The number of hydrogen-bond donors (Lipinski definition) is 3. The highest BCUT2D eigenvalue weighted by Gasteiger charge is 2.07. The number of hydrogen-bond acceptors (Lipinski definition) is 2. The van der Waals surface area contributed by atoms with E-state index in [1.807, 2.05) is 32.0 Å². The molecule has 3 amide bonds. The molecular formula is C20H23Cl2N3O2. The van der Waals surface area contributed by atoms with Crippen LogP contribution < -0.4 is 16.0 Å². The van der Waals surface area contributed by atoms with Crippen molar-refractivity contribution in [2.24, 2.45) is 0 Å². The molecule has 0 atom stereocenters. The molecule has 2 aromatic rings. The van der Waals surface area contributed by atoms with E-state index >= 15 is 0 Å². The fourth-order valence-corrected chi connectivity index (χ4v) is 2.91. The Hall–Kier alpha value is -2.24. The summed E-state index contributed by atoms with van der Waals surface area (Å²) in [5.41, 5.74) is 2.41. The molecule has 0 aromatic heterocycles. The maximum absolute atomic E-state index is 12.2. The Kier molecular flexibility index (Phi) is 7.95. The number of nitrogens with one attached hydrogen (secondary N) is 3. The van der Waals surface area contributed by atoms with Crippen LogP contribution in [-0.4, -0.2) is 24.5 Å². The zero-order valence-corrected chi connectivity index (χ0v) is 16.8. The molecule has 0 unspecified atom stereocenters. The van der Waals surface area contributed by atoms with Crippen LogP contribution in [0.4, 0.5) is 4.79 Å². The molecule has 2 aromatic carbocycles. The minimum Gasteiger partial charge on any atom is -0.352 e. The van der Waals surface area contributed by atoms with E-state index in [1.54, 1.807) is 24.3 Å². The SMILES string of the molecule is CC(C)NC(=O)NCc1ccc(C(=O)NCCc2ccc(Cl)cc2Cl)cc1. The van der Waals surface area contributed by atoms with Crippen molar-refractivity contribution in [3.8, 4) is 0 Å². The monoisotopic (exact) mass is 407 g/mol. The number of carbonyl (C=O) groups excluding carboxylic acids is 2. The van der Waals surface area contributed by atoms with E-state index in [0.717, 1.165) is 11.1 Å². The molecule has 0 aliphatic rings. The van der Waals surface area contributed by atoms with Gasteiger partial charge in [0.25, 0.3) is 5.91 Å². The van der Waals surface area contributed by atoms with Crippen LogP contribution in [0.25, 0.3) is 0 Å². The zero-order valence-electron chi connectivity index (χ0n) is 15.3. The van der Waals surface area contributed by atoms with Crippen LogP contribution in [0.1, 0.15) is 35.3 Å². The molecule has 0 saturated carbocycles. The van der Waals surface area contributed by atoms with Gasteiger partial charge in [0.2, 0.25) is 0 Å². The van der Waals surface area contributed by atoms with Gasteiger partial charge in [0.15, 0.2) is 0 Å². The zero-order chi connectivity index (χ0) is 19.8. The van der Waals surface area contributed by atoms with Gasteiger partial charge in [-0.05, 0) is 55.7 Å². The first kappa shape index (κ1) is 21.1. The van der Waals surface area contributed by atoms with Gasteiger partial charge in [-0.1, -0.05) is 41.4 Å². The van der Waals surface area contributed by atoms with Crippen LogP contribution in [0.15, 0.2) is 42.5 Å². The summed E-state index contributed by atoms with van der Waals surface area (Å²) in [5.74, 6) is -0.155. The predicted octanol–water partition coefficient (Wildman–Crippen LogP) is 4.17. The lowest BCUT2D eigenvalue weighted by atomic mass is 10.1. The van der Waals surface area contributed by atoms with E-state index in [0.29, 0.717) is 35.1 Å². The molecular weight excluding hydrogens is 385 g/mol. The Balaban J connectivity index is 1.80. The average molecular weight is 408 g/mol. The maximum Gasteiger partial charge on any atom is 0.315 e. The number of benzene rings is 2. The van der Waals surface area contributed by atoms with Crippen molar-refractivity contribution in [1.29, 1.82) is 0 Å². The highest BCUT2D eigenvalue weighted by Crippen LogP contribution is 2.21. The van der Waals surface area contributed by atoms with Crippen LogP contribution in [0.2, 0.25) is 10.0 Å². The minimum atomic E-state index is -0.215. The van der Waals surface area contributed by atoms with Gasteiger partial charge < -0.3 is 16.0 Å². The smallest absolute Gasteiger partial charge is 0.315 e. The van der Waals surface area contributed by atoms with E-state index in [2.05, 4.69) is 16.0 Å². The summed E-state index contributed by atoms with van der Waals surface area (Å²) in [6, 6.07) is 12.3. The second kappa shape index (κ2) is 10.2. The Morgan fingerprint density at radius 2 is 1.70 bits per heavy atom. The topological polar surface area (TPSA) is 70.2 Å². The summed E-state index contributed by atoms with van der Waals surface area (Å²) in [7, 11) is 0. The number of urea groups is 1. The molecule has 144 valence electrons. The van der Waals surface area contributed by atoms with E-state index in [4.69, 9.17) is 23.2 Å². The third-order valence-electron chi connectivity index (χ3n) is 3.78. The predicted molar refractivity (Wildman–Crippen MR) is 109 cm³/mol. The highest BCUT2D eigenvalue weighted by atomic mass is 35.5. The van der Waals surface area contributed by atoms with Crippen molar-refractivity contribution in [2.45, 2.75) is 32.9 Å². The Labute approximate surface area is 169 Å². The fraction of sp³-hybridized carbons (Fsp3) is 0.300. The Morgan fingerprint density at radius 3 is 2.33 bits per heavy atom. The fourth-order valence-electron chi connectivity index (χ4n) is 2.41. The summed E-state index contributed by atoms with van der Waals surface area (Å²) < 4.78 is 0. The molecule has 0 saturated heterocycles. The molecule has 27 heavy (non-hydrogen) atoms. The molecule has 2 rings (SSSR count). The molecule has 3 N–H and O–H groups in total. The molecule has 0 fully saturated rings. The minimum absolute atomic E-state index is 0.0822. The van der Waals surface area contributed by atoms with Crippen molar-refractivity contribution in [1.82, 2.24) is 16.0 Å². The van der Waals surface area contributed by atoms with E-state index in [9.17, 15) is 9.59 Å². The van der Waals surface area contributed by atoms with Crippen molar-refractivity contribution in [2.75, 3.05) is 6.54 Å². The number of halogens is 2. The van der Waals surface area contributed by atoms with Crippen LogP contribution >= 0.6 is 23.2 Å². The normalized spacial score (nSPS) is 10.6. The van der Waals surface area contributed by atoms with Crippen molar-refractivity contribution in [3.05, 3.63) is 69.2 Å². The van der Waals surface area contributed by atoms with Crippen molar-refractivity contribution < 1.29 is 9.59 Å². The second-order valence-corrected chi connectivity index (χ2v) is 7.26. The van der Waals surface area contributed by atoms with Crippen molar-refractivity contribution in [3.63, 3.8) is 0 Å². The molecule has 5 nitrogen and oxygen atoms in total. The summed E-state index contributed by atoms with van der Waals surface area (Å²) in [6.07, 6.45) is 0.620. The van der Waals surface area contributed by atoms with E-state index in [1.165, 1.54) is 0 Å². The lowest BCUT2D eigenvalue weighted by Gasteiger charge is -2.10. The number of rotatable bonds is 7. The van der Waals surface area contributed by atoms with Crippen molar-refractivity contribution >= 4 is 35.1 Å². The van der Waals surface area contributed by atoms with Gasteiger partial charge in [-0.15, -0.1) is 0 Å². The maximum atomic E-state index is 12.2. The summed E-state index contributed by atoms with van der Waals surface area (Å²) in [5, 5.41) is 9.57. The lowest BCUT2D eigenvalue weighted by Crippen LogP contribution is -2.39. The van der Waals surface area contributed by atoms with Gasteiger partial charge in [-0.3, -0.25) is 4.79 Å². The number of carbonyl (C=O) groups is 2. The van der Waals surface area contributed by atoms with Gasteiger partial charge in [0, 0.05) is 34.7 Å². The van der Waals surface area contributed by atoms with Gasteiger partial charge in [-0.25, -0.2) is 4.79 Å². The number of amides is 3. The lowest BCUT2D eigenvalue weighted by molar-refractivity contribution is 0.0954. The third-order valence-corrected chi connectivity index (χ3v) is 4.37. The summed E-state index contributed by atoms with van der Waals surface area (Å²) in [6.45, 7) is 4.66. The molecule has 0 spiro atoms. The first-order valence-corrected chi connectivity index (χ1v) is 9.46. The molecule has 7 heteroatoms. The highest BCUT2D eigenvalue weighted by molar-refractivity contribution is 6.35. The second-order valence-electron chi connectivity index (χ2n) is 6.42. The van der Waals surface area contributed by atoms with Gasteiger partial charge in [-0.2, -0.15) is 0 Å². The summed E-state index contributed by atoms with van der Waals surface area (Å²) >= 11 is 12.0. The van der Waals surface area contributed by atoms with Crippen LogP contribution in [0.3, 0.4) is 0 Å². The van der Waals surface area contributed by atoms with Gasteiger partial charge in [0.1, 0.15) is 0 Å². The molecule has 0 bridgehead atoms. The molecule has 0 aliphatic carbocycles. The molecule has 0 aliphatic heterocycles. The first-order chi connectivity index (χ1) is 12.8. The van der Waals surface area contributed by atoms with Crippen LogP contribution in [0.5, 0.6) is 0 Å². The Bertz CT molecular complexity index is 792. The quantitative estimate of drug-likeness (QED) is 0.644. The third kappa shape index (κ3) is 7.12. The largest absolute Gasteiger partial charge is 0.352 e. The standard InChI is InChI=1S/C20H23Cl2N3O2/c1-13(2)25-20(27)24-12-14-3-5-16(6-4-14)19(26)23-10-9-15-7-8-17(21)11-18(15)22/h3-8,11,13H,9-10,12H2,1-2H3,(H,23,26)(H2,24,25,27). The Morgan fingerprint density at radius 1 is 1.00 bits per heavy atom. The van der Waals surface area contributed by atoms with Crippen LogP contribution in [-0.2, 0) is 13.0 Å². The van der Waals surface area contributed by atoms with E-state index < -0.39 is 0 Å². The molecule has 0 radical (unpaired) electrons.